The van der Waals surface area contributed by atoms with Crippen LogP contribution >= 0.6 is 11.6 Å². The zero-order valence-electron chi connectivity index (χ0n) is 8.68. The number of aromatic amines is 1. The number of nitrogens with zero attached hydrogens (tertiary/aromatic N) is 2. The highest BCUT2D eigenvalue weighted by Gasteiger charge is 2.13. The highest BCUT2D eigenvalue weighted by molar-refractivity contribution is 6.30. The SMILES string of the molecule is O=[N+]([O-])c1cc(Cl)ccc1NCc1ncc[nH]1. The molecule has 0 radical (unpaired) electrons. The first-order valence-corrected chi connectivity index (χ1v) is 5.20. The van der Waals surface area contributed by atoms with E-state index in [1.807, 2.05) is 0 Å². The molecule has 0 fully saturated rings. The van der Waals surface area contributed by atoms with Crippen LogP contribution in [0, 0.1) is 10.1 Å². The van der Waals surface area contributed by atoms with Gasteiger partial charge < -0.3 is 10.3 Å². The van der Waals surface area contributed by atoms with Gasteiger partial charge in [0.1, 0.15) is 11.5 Å². The molecule has 0 spiro atoms. The Morgan fingerprint density at radius 3 is 3.00 bits per heavy atom. The van der Waals surface area contributed by atoms with E-state index in [4.69, 9.17) is 11.6 Å². The van der Waals surface area contributed by atoms with E-state index >= 15 is 0 Å². The lowest BCUT2D eigenvalue weighted by molar-refractivity contribution is -0.383. The van der Waals surface area contributed by atoms with Crippen molar-refractivity contribution >= 4 is 23.0 Å². The molecule has 2 aromatic rings. The normalized spacial score (nSPS) is 10.2. The molecule has 1 aromatic heterocycles. The van der Waals surface area contributed by atoms with Crippen LogP contribution in [-0.2, 0) is 6.54 Å². The van der Waals surface area contributed by atoms with Crippen molar-refractivity contribution in [3.63, 3.8) is 0 Å². The number of nitro benzene ring substituents is 1. The van der Waals surface area contributed by atoms with Crippen LogP contribution in [-0.4, -0.2) is 14.9 Å². The van der Waals surface area contributed by atoms with Gasteiger partial charge in [-0.3, -0.25) is 10.1 Å². The Kier molecular flexibility index (Phi) is 3.24. The summed E-state index contributed by atoms with van der Waals surface area (Å²) in [5.74, 6) is 0.703. The Morgan fingerprint density at radius 2 is 2.35 bits per heavy atom. The van der Waals surface area contributed by atoms with Crippen LogP contribution in [0.2, 0.25) is 5.02 Å². The molecule has 0 bridgehead atoms. The highest BCUT2D eigenvalue weighted by atomic mass is 35.5. The van der Waals surface area contributed by atoms with Gasteiger partial charge in [-0.2, -0.15) is 0 Å². The van der Waals surface area contributed by atoms with E-state index in [1.165, 1.54) is 6.07 Å². The molecule has 1 aromatic carbocycles. The zero-order chi connectivity index (χ0) is 12.3. The largest absolute Gasteiger partial charge is 0.372 e. The first-order chi connectivity index (χ1) is 8.16. The first kappa shape index (κ1) is 11.4. The fraction of sp³-hybridized carbons (Fsp3) is 0.100. The van der Waals surface area contributed by atoms with Crippen LogP contribution in [0.4, 0.5) is 11.4 Å². The molecular formula is C10H9ClN4O2. The molecule has 0 aliphatic carbocycles. The third-order valence-corrected chi connectivity index (χ3v) is 2.39. The summed E-state index contributed by atoms with van der Waals surface area (Å²) >= 11 is 5.71. The number of anilines is 1. The zero-order valence-corrected chi connectivity index (χ0v) is 9.44. The number of nitro groups is 1. The summed E-state index contributed by atoms with van der Waals surface area (Å²) in [5.41, 5.74) is 0.361. The van der Waals surface area contributed by atoms with Crippen molar-refractivity contribution in [3.05, 3.63) is 51.6 Å². The van der Waals surface area contributed by atoms with Crippen LogP contribution in [0.1, 0.15) is 5.82 Å². The maximum atomic E-state index is 10.8. The molecule has 6 nitrogen and oxygen atoms in total. The smallest absolute Gasteiger partial charge is 0.293 e. The molecule has 17 heavy (non-hydrogen) atoms. The van der Waals surface area contributed by atoms with Crippen LogP contribution in [0.25, 0.3) is 0 Å². The molecular weight excluding hydrogens is 244 g/mol. The molecule has 0 atom stereocenters. The van der Waals surface area contributed by atoms with Gasteiger partial charge in [0.2, 0.25) is 0 Å². The number of hydrogen-bond acceptors (Lipinski definition) is 4. The number of halogens is 1. The lowest BCUT2D eigenvalue weighted by Gasteiger charge is -2.05. The minimum atomic E-state index is -0.476. The fourth-order valence-electron chi connectivity index (χ4n) is 1.38. The summed E-state index contributed by atoms with van der Waals surface area (Å²) in [4.78, 5) is 17.3. The Balaban J connectivity index is 2.17. The van der Waals surface area contributed by atoms with Gasteiger partial charge in [0.15, 0.2) is 0 Å². The summed E-state index contributed by atoms with van der Waals surface area (Å²) in [6, 6.07) is 4.48. The van der Waals surface area contributed by atoms with Gasteiger partial charge >= 0.3 is 0 Å². The molecule has 7 heteroatoms. The molecule has 0 saturated heterocycles. The Bertz CT molecular complexity index is 527. The van der Waals surface area contributed by atoms with Crippen molar-refractivity contribution in [2.45, 2.75) is 6.54 Å². The van der Waals surface area contributed by atoms with Crippen LogP contribution in [0.15, 0.2) is 30.6 Å². The van der Waals surface area contributed by atoms with Gasteiger partial charge in [-0.15, -0.1) is 0 Å². The average molecular weight is 253 g/mol. The second kappa shape index (κ2) is 4.84. The number of hydrogen-bond donors (Lipinski definition) is 2. The first-order valence-electron chi connectivity index (χ1n) is 4.83. The molecule has 2 N–H and O–H groups in total. The van der Waals surface area contributed by atoms with E-state index in [0.717, 1.165) is 0 Å². The van der Waals surface area contributed by atoms with Crippen molar-refractivity contribution in [2.75, 3.05) is 5.32 Å². The second-order valence-corrected chi connectivity index (χ2v) is 3.74. The monoisotopic (exact) mass is 252 g/mol. The lowest BCUT2D eigenvalue weighted by Crippen LogP contribution is -2.03. The minimum absolute atomic E-state index is 0.0518. The van der Waals surface area contributed by atoms with E-state index in [9.17, 15) is 10.1 Å². The molecule has 1 heterocycles. The number of aromatic nitrogens is 2. The van der Waals surface area contributed by atoms with E-state index in [0.29, 0.717) is 23.1 Å². The molecule has 0 unspecified atom stereocenters. The number of rotatable bonds is 4. The highest BCUT2D eigenvalue weighted by Crippen LogP contribution is 2.27. The third-order valence-electron chi connectivity index (χ3n) is 2.16. The van der Waals surface area contributed by atoms with Crippen molar-refractivity contribution in [1.29, 1.82) is 0 Å². The molecule has 88 valence electrons. The molecule has 0 amide bonds. The van der Waals surface area contributed by atoms with E-state index in [2.05, 4.69) is 15.3 Å². The van der Waals surface area contributed by atoms with Gasteiger partial charge in [0.25, 0.3) is 5.69 Å². The maximum absolute atomic E-state index is 10.8. The van der Waals surface area contributed by atoms with E-state index in [-0.39, 0.29) is 5.69 Å². The molecule has 0 aliphatic rings. The fourth-order valence-corrected chi connectivity index (χ4v) is 1.55. The molecule has 2 rings (SSSR count). The van der Waals surface area contributed by atoms with Crippen molar-refractivity contribution in [2.24, 2.45) is 0 Å². The summed E-state index contributed by atoms with van der Waals surface area (Å²) in [6.07, 6.45) is 3.31. The second-order valence-electron chi connectivity index (χ2n) is 3.31. The summed E-state index contributed by atoms with van der Waals surface area (Å²) in [7, 11) is 0. The maximum Gasteiger partial charge on any atom is 0.293 e. The predicted octanol–water partition coefficient (Wildman–Crippen LogP) is 2.58. The summed E-state index contributed by atoms with van der Waals surface area (Å²) in [6.45, 7) is 0.384. The minimum Gasteiger partial charge on any atom is -0.372 e. The molecule has 0 aliphatic heterocycles. The number of H-pyrrole nitrogens is 1. The average Bonchev–Trinajstić information content (AvgIpc) is 2.80. The van der Waals surface area contributed by atoms with E-state index in [1.54, 1.807) is 24.5 Å². The predicted molar refractivity (Wildman–Crippen MR) is 64.0 cm³/mol. The number of benzene rings is 1. The Hall–Kier alpha value is -2.08. The number of nitrogens with one attached hydrogen (secondary N) is 2. The van der Waals surface area contributed by atoms with Gasteiger partial charge in [-0.25, -0.2) is 4.98 Å². The quantitative estimate of drug-likeness (QED) is 0.647. The van der Waals surface area contributed by atoms with Gasteiger partial charge in [0.05, 0.1) is 11.5 Å². The van der Waals surface area contributed by atoms with Crippen LogP contribution in [0.3, 0.4) is 0 Å². The Labute approximate surface area is 102 Å². The third kappa shape index (κ3) is 2.73. The van der Waals surface area contributed by atoms with Gasteiger partial charge in [-0.05, 0) is 12.1 Å². The van der Waals surface area contributed by atoms with Gasteiger partial charge in [0, 0.05) is 23.5 Å². The number of imidazole rings is 1. The standard InChI is InChI=1S/C10H9ClN4O2/c11-7-1-2-8(9(5-7)15(16)17)14-6-10-12-3-4-13-10/h1-5,14H,6H2,(H,12,13). The molecule has 0 saturated carbocycles. The summed E-state index contributed by atoms with van der Waals surface area (Å²) < 4.78 is 0. The summed E-state index contributed by atoms with van der Waals surface area (Å²) in [5, 5.41) is 14.1. The van der Waals surface area contributed by atoms with Gasteiger partial charge in [-0.1, -0.05) is 11.6 Å². The van der Waals surface area contributed by atoms with Crippen LogP contribution < -0.4 is 5.32 Å². The van der Waals surface area contributed by atoms with Crippen molar-refractivity contribution < 1.29 is 4.92 Å². The van der Waals surface area contributed by atoms with Crippen molar-refractivity contribution in [3.8, 4) is 0 Å². The topological polar surface area (TPSA) is 83.8 Å². The Morgan fingerprint density at radius 1 is 1.53 bits per heavy atom. The van der Waals surface area contributed by atoms with Crippen molar-refractivity contribution in [1.82, 2.24) is 9.97 Å². The lowest BCUT2D eigenvalue weighted by atomic mass is 10.2. The van der Waals surface area contributed by atoms with E-state index < -0.39 is 4.92 Å². The van der Waals surface area contributed by atoms with Crippen LogP contribution in [0.5, 0.6) is 0 Å².